The highest BCUT2D eigenvalue weighted by atomic mass is 79.9. The Hall–Kier alpha value is -0.620. The molecule has 0 saturated carbocycles. The van der Waals surface area contributed by atoms with E-state index in [9.17, 15) is 0 Å². The first-order chi connectivity index (χ1) is 9.29. The molecule has 0 aromatic heterocycles. The zero-order valence-corrected chi connectivity index (χ0v) is 13.2. The van der Waals surface area contributed by atoms with Crippen LogP contribution in [0.25, 0.3) is 0 Å². The molecule has 0 bridgehead atoms. The molecule has 0 amide bonds. The van der Waals surface area contributed by atoms with Crippen molar-refractivity contribution in [3.63, 3.8) is 0 Å². The number of methoxy groups -OCH3 is 1. The van der Waals surface area contributed by atoms with E-state index in [-0.39, 0.29) is 0 Å². The van der Waals surface area contributed by atoms with Gasteiger partial charge < -0.3 is 19.5 Å². The number of para-hydroxylation sites is 1. The van der Waals surface area contributed by atoms with Gasteiger partial charge in [-0.3, -0.25) is 0 Å². The molecule has 0 spiro atoms. The van der Waals surface area contributed by atoms with Crippen molar-refractivity contribution in [2.75, 3.05) is 40.6 Å². The van der Waals surface area contributed by atoms with Crippen LogP contribution in [-0.4, -0.2) is 40.6 Å². The fraction of sp³-hybridized carbons (Fsp3) is 0.571. The number of hydrogen-bond donors (Lipinski definition) is 1. The van der Waals surface area contributed by atoms with Crippen LogP contribution in [0.3, 0.4) is 0 Å². The lowest BCUT2D eigenvalue weighted by atomic mass is 10.2. The Kier molecular flexibility index (Phi) is 8.82. The Balaban J connectivity index is 2.32. The highest BCUT2D eigenvalue weighted by molar-refractivity contribution is 9.10. The third-order valence-electron chi connectivity index (χ3n) is 2.53. The molecular weight excluding hydrogens is 310 g/mol. The van der Waals surface area contributed by atoms with E-state index in [0.29, 0.717) is 26.4 Å². The van der Waals surface area contributed by atoms with Gasteiger partial charge in [-0.25, -0.2) is 0 Å². The summed E-state index contributed by atoms with van der Waals surface area (Å²) in [6.07, 6.45) is 0.865. The van der Waals surface area contributed by atoms with Crippen molar-refractivity contribution in [3.8, 4) is 5.75 Å². The summed E-state index contributed by atoms with van der Waals surface area (Å²) in [5.41, 5.74) is 1.15. The van der Waals surface area contributed by atoms with E-state index in [0.717, 1.165) is 28.8 Å². The normalized spacial score (nSPS) is 10.7. The third-order valence-corrected chi connectivity index (χ3v) is 3.15. The molecule has 1 rings (SSSR count). The van der Waals surface area contributed by atoms with Gasteiger partial charge in [-0.15, -0.1) is 0 Å². The molecule has 4 nitrogen and oxygen atoms in total. The number of rotatable bonds is 10. The average Bonchev–Trinajstić information content (AvgIpc) is 2.41. The van der Waals surface area contributed by atoms with E-state index < -0.39 is 0 Å². The second-order valence-electron chi connectivity index (χ2n) is 4.07. The Morgan fingerprint density at radius 1 is 1.16 bits per heavy atom. The maximum absolute atomic E-state index is 5.83. The molecule has 5 heteroatoms. The first kappa shape index (κ1) is 16.4. The lowest BCUT2D eigenvalue weighted by molar-refractivity contribution is 0.0643. The van der Waals surface area contributed by atoms with Gasteiger partial charge in [0.05, 0.1) is 24.3 Å². The van der Waals surface area contributed by atoms with Crippen molar-refractivity contribution < 1.29 is 14.2 Å². The van der Waals surface area contributed by atoms with Crippen LogP contribution in [0.15, 0.2) is 22.7 Å². The summed E-state index contributed by atoms with van der Waals surface area (Å²) in [4.78, 5) is 0. The van der Waals surface area contributed by atoms with Gasteiger partial charge in [0, 0.05) is 32.2 Å². The fourth-order valence-corrected chi connectivity index (χ4v) is 2.15. The van der Waals surface area contributed by atoms with Crippen LogP contribution < -0.4 is 10.1 Å². The minimum atomic E-state index is 0.635. The van der Waals surface area contributed by atoms with Crippen molar-refractivity contribution in [2.24, 2.45) is 0 Å². The standard InChI is InChI=1S/C14H22BrNO3/c1-16-11-12-5-3-6-13(15)14(12)19-8-4-7-18-10-9-17-2/h3,5-6,16H,4,7-11H2,1-2H3. The minimum absolute atomic E-state index is 0.635. The zero-order valence-electron chi connectivity index (χ0n) is 11.6. The second-order valence-corrected chi connectivity index (χ2v) is 4.92. The number of nitrogens with one attached hydrogen (secondary N) is 1. The van der Waals surface area contributed by atoms with Crippen molar-refractivity contribution >= 4 is 15.9 Å². The molecule has 0 radical (unpaired) electrons. The van der Waals surface area contributed by atoms with Crippen molar-refractivity contribution in [2.45, 2.75) is 13.0 Å². The number of benzene rings is 1. The maximum atomic E-state index is 5.83. The largest absolute Gasteiger partial charge is 0.492 e. The molecule has 0 aliphatic rings. The van der Waals surface area contributed by atoms with E-state index in [4.69, 9.17) is 14.2 Å². The number of ether oxygens (including phenoxy) is 3. The maximum Gasteiger partial charge on any atom is 0.137 e. The van der Waals surface area contributed by atoms with Crippen LogP contribution in [0.4, 0.5) is 0 Å². The van der Waals surface area contributed by atoms with Gasteiger partial charge >= 0.3 is 0 Å². The van der Waals surface area contributed by atoms with Gasteiger partial charge in [0.15, 0.2) is 0 Å². The van der Waals surface area contributed by atoms with Gasteiger partial charge in [-0.1, -0.05) is 12.1 Å². The summed E-state index contributed by atoms with van der Waals surface area (Å²) in [5, 5.41) is 3.14. The van der Waals surface area contributed by atoms with Crippen molar-refractivity contribution in [1.29, 1.82) is 0 Å². The van der Waals surface area contributed by atoms with Crippen molar-refractivity contribution in [3.05, 3.63) is 28.2 Å². The summed E-state index contributed by atoms with van der Waals surface area (Å²) in [6, 6.07) is 6.06. The molecule has 108 valence electrons. The molecule has 0 atom stereocenters. The second kappa shape index (κ2) is 10.2. The molecule has 0 fully saturated rings. The molecule has 19 heavy (non-hydrogen) atoms. The topological polar surface area (TPSA) is 39.7 Å². The van der Waals surface area contributed by atoms with Crippen molar-refractivity contribution in [1.82, 2.24) is 5.32 Å². The molecule has 0 aliphatic carbocycles. The predicted molar refractivity (Wildman–Crippen MR) is 79.7 cm³/mol. The molecule has 1 N–H and O–H groups in total. The first-order valence-electron chi connectivity index (χ1n) is 6.41. The van der Waals surface area contributed by atoms with E-state index in [1.54, 1.807) is 7.11 Å². The third kappa shape index (κ3) is 6.38. The van der Waals surface area contributed by atoms with E-state index >= 15 is 0 Å². The van der Waals surface area contributed by atoms with Gasteiger partial charge in [0.1, 0.15) is 5.75 Å². The Labute approximate surface area is 123 Å². The average molecular weight is 332 g/mol. The SMILES string of the molecule is CNCc1cccc(Br)c1OCCCOCCOC. The Morgan fingerprint density at radius 3 is 2.74 bits per heavy atom. The summed E-state index contributed by atoms with van der Waals surface area (Å²) < 4.78 is 17.1. The van der Waals surface area contributed by atoms with E-state index in [1.165, 1.54) is 0 Å². The molecule has 0 saturated heterocycles. The minimum Gasteiger partial charge on any atom is -0.492 e. The lowest BCUT2D eigenvalue weighted by Crippen LogP contribution is -2.10. The molecular formula is C14H22BrNO3. The van der Waals surface area contributed by atoms with Crippen LogP contribution in [0.5, 0.6) is 5.75 Å². The number of hydrogen-bond acceptors (Lipinski definition) is 4. The van der Waals surface area contributed by atoms with Gasteiger partial charge in [-0.05, 0) is 29.0 Å². The molecule has 1 aromatic rings. The molecule has 0 aliphatic heterocycles. The lowest BCUT2D eigenvalue weighted by Gasteiger charge is -2.13. The summed E-state index contributed by atoms with van der Waals surface area (Å²) >= 11 is 3.52. The molecule has 0 unspecified atom stereocenters. The molecule has 0 heterocycles. The zero-order chi connectivity index (χ0) is 13.9. The summed E-state index contributed by atoms with van der Waals surface area (Å²) in [5.74, 6) is 0.911. The molecule has 1 aromatic carbocycles. The Morgan fingerprint density at radius 2 is 2.00 bits per heavy atom. The quantitative estimate of drug-likeness (QED) is 0.669. The monoisotopic (exact) mass is 331 g/mol. The highest BCUT2D eigenvalue weighted by Crippen LogP contribution is 2.29. The van der Waals surface area contributed by atoms with Crippen LogP contribution in [0.1, 0.15) is 12.0 Å². The summed E-state index contributed by atoms with van der Waals surface area (Å²) in [6.45, 7) is 3.40. The van der Waals surface area contributed by atoms with E-state index in [1.807, 2.05) is 19.2 Å². The fourth-order valence-electron chi connectivity index (χ4n) is 1.62. The van der Waals surface area contributed by atoms with Crippen LogP contribution in [0.2, 0.25) is 0 Å². The summed E-state index contributed by atoms with van der Waals surface area (Å²) in [7, 11) is 3.59. The Bertz CT molecular complexity index is 361. The van der Waals surface area contributed by atoms with Gasteiger partial charge in [0.2, 0.25) is 0 Å². The van der Waals surface area contributed by atoms with Crippen LogP contribution in [-0.2, 0) is 16.0 Å². The van der Waals surface area contributed by atoms with Gasteiger partial charge in [-0.2, -0.15) is 0 Å². The van der Waals surface area contributed by atoms with Gasteiger partial charge in [0.25, 0.3) is 0 Å². The van der Waals surface area contributed by atoms with Crippen LogP contribution >= 0.6 is 15.9 Å². The first-order valence-corrected chi connectivity index (χ1v) is 7.20. The smallest absolute Gasteiger partial charge is 0.137 e. The predicted octanol–water partition coefficient (Wildman–Crippen LogP) is 2.60. The number of halogens is 1. The van der Waals surface area contributed by atoms with E-state index in [2.05, 4.69) is 27.3 Å². The van der Waals surface area contributed by atoms with Crippen LogP contribution in [0, 0.1) is 0 Å². The highest BCUT2D eigenvalue weighted by Gasteiger charge is 2.07.